The summed E-state index contributed by atoms with van der Waals surface area (Å²) in [5.41, 5.74) is 1.65. The largest absolute Gasteiger partial charge is 0.336 e. The lowest BCUT2D eigenvalue weighted by Crippen LogP contribution is -2.27. The van der Waals surface area contributed by atoms with Gasteiger partial charge >= 0.3 is 6.03 Å². The van der Waals surface area contributed by atoms with Crippen LogP contribution in [0.3, 0.4) is 0 Å². The summed E-state index contributed by atoms with van der Waals surface area (Å²) < 4.78 is 13.7. The van der Waals surface area contributed by atoms with Gasteiger partial charge in [-0.15, -0.1) is 11.3 Å². The Morgan fingerprint density at radius 2 is 2.00 bits per heavy atom. The van der Waals surface area contributed by atoms with Gasteiger partial charge in [-0.3, -0.25) is 19.8 Å². The van der Waals surface area contributed by atoms with Gasteiger partial charge in [-0.1, -0.05) is 18.2 Å². The van der Waals surface area contributed by atoms with Gasteiger partial charge in [-0.05, 0) is 30.3 Å². The van der Waals surface area contributed by atoms with Gasteiger partial charge in [-0.25, -0.2) is 14.2 Å². The number of nitrogens with one attached hydrogen (secondary N) is 3. The molecule has 3 aromatic rings. The molecule has 0 atom stereocenters. The van der Waals surface area contributed by atoms with E-state index in [0.29, 0.717) is 30.2 Å². The maximum Gasteiger partial charge on any atom is 0.321 e. The van der Waals surface area contributed by atoms with Gasteiger partial charge < -0.3 is 10.6 Å². The van der Waals surface area contributed by atoms with E-state index in [-0.39, 0.29) is 29.1 Å². The van der Waals surface area contributed by atoms with Gasteiger partial charge in [0.25, 0.3) is 5.91 Å². The summed E-state index contributed by atoms with van der Waals surface area (Å²) in [7, 11) is 0. The first kappa shape index (κ1) is 20.5. The highest BCUT2D eigenvalue weighted by molar-refractivity contribution is 7.14. The fourth-order valence-electron chi connectivity index (χ4n) is 3.09. The number of benzene rings is 2. The van der Waals surface area contributed by atoms with E-state index in [1.165, 1.54) is 18.2 Å². The first-order valence-corrected chi connectivity index (χ1v) is 10.3. The fraction of sp³-hybridized carbons (Fsp3) is 0.143. The second-order valence-corrected chi connectivity index (χ2v) is 7.59. The molecule has 2 heterocycles. The molecule has 0 unspecified atom stereocenters. The molecule has 4 amide bonds. The van der Waals surface area contributed by atoms with Crippen molar-refractivity contribution in [2.45, 2.75) is 6.42 Å². The molecule has 1 fully saturated rings. The Morgan fingerprint density at radius 1 is 1.16 bits per heavy atom. The molecule has 1 saturated heterocycles. The molecule has 8 nitrogen and oxygen atoms in total. The molecule has 0 bridgehead atoms. The molecular weight excluding hydrogens is 421 g/mol. The van der Waals surface area contributed by atoms with E-state index in [1.54, 1.807) is 40.6 Å². The zero-order chi connectivity index (χ0) is 21.8. The molecule has 1 aliphatic heterocycles. The number of rotatable bonds is 6. The number of urea groups is 1. The number of hydrogen-bond donors (Lipinski definition) is 3. The number of nitrogens with zero attached hydrogens (tertiary/aromatic N) is 2. The van der Waals surface area contributed by atoms with Crippen LogP contribution in [0.2, 0.25) is 0 Å². The second-order valence-electron chi connectivity index (χ2n) is 6.74. The average Bonchev–Trinajstić information content (AvgIpc) is 3.37. The fourth-order valence-corrected chi connectivity index (χ4v) is 3.80. The Morgan fingerprint density at radius 3 is 2.77 bits per heavy atom. The van der Waals surface area contributed by atoms with Crippen molar-refractivity contribution in [3.8, 4) is 0 Å². The highest BCUT2D eigenvalue weighted by atomic mass is 32.1. The van der Waals surface area contributed by atoms with E-state index in [1.807, 2.05) is 0 Å². The Balaban J connectivity index is 1.36. The first-order valence-electron chi connectivity index (χ1n) is 9.45. The quantitative estimate of drug-likeness (QED) is 0.549. The predicted molar refractivity (Wildman–Crippen MR) is 116 cm³/mol. The van der Waals surface area contributed by atoms with Crippen LogP contribution in [-0.4, -0.2) is 35.9 Å². The van der Waals surface area contributed by atoms with E-state index in [9.17, 15) is 18.8 Å². The third-order valence-corrected chi connectivity index (χ3v) is 5.34. The van der Waals surface area contributed by atoms with Crippen molar-refractivity contribution in [1.29, 1.82) is 0 Å². The minimum Gasteiger partial charge on any atom is -0.336 e. The number of aromatic nitrogens is 1. The van der Waals surface area contributed by atoms with Crippen LogP contribution in [0.15, 0.2) is 53.9 Å². The highest BCUT2D eigenvalue weighted by Gasteiger charge is 2.21. The van der Waals surface area contributed by atoms with Crippen LogP contribution in [0.5, 0.6) is 0 Å². The summed E-state index contributed by atoms with van der Waals surface area (Å²) in [5, 5.41) is 9.98. The van der Waals surface area contributed by atoms with Gasteiger partial charge in [0.1, 0.15) is 5.82 Å². The molecule has 4 rings (SSSR count). The number of amides is 4. The third kappa shape index (κ3) is 4.86. The zero-order valence-electron chi connectivity index (χ0n) is 16.2. The number of hydrogen-bond acceptors (Lipinski definition) is 5. The molecule has 2 aromatic carbocycles. The number of anilines is 3. The van der Waals surface area contributed by atoms with E-state index < -0.39 is 11.7 Å². The monoisotopic (exact) mass is 439 g/mol. The summed E-state index contributed by atoms with van der Waals surface area (Å²) in [4.78, 5) is 42.2. The summed E-state index contributed by atoms with van der Waals surface area (Å²) in [6, 6.07) is 12.5. The highest BCUT2D eigenvalue weighted by Crippen LogP contribution is 2.22. The van der Waals surface area contributed by atoms with Crippen molar-refractivity contribution < 1.29 is 18.8 Å². The number of thiazole rings is 1. The van der Waals surface area contributed by atoms with Crippen molar-refractivity contribution in [1.82, 2.24) is 10.3 Å². The van der Waals surface area contributed by atoms with Crippen LogP contribution < -0.4 is 20.9 Å². The van der Waals surface area contributed by atoms with Gasteiger partial charge in [-0.2, -0.15) is 0 Å². The van der Waals surface area contributed by atoms with Crippen LogP contribution in [-0.2, 0) is 11.2 Å². The smallest absolute Gasteiger partial charge is 0.321 e. The predicted octanol–water partition coefficient (Wildman–Crippen LogP) is 3.25. The molecule has 0 saturated carbocycles. The zero-order valence-corrected chi connectivity index (χ0v) is 17.0. The van der Waals surface area contributed by atoms with Crippen LogP contribution >= 0.6 is 11.3 Å². The Bertz CT molecular complexity index is 1150. The molecule has 3 N–H and O–H groups in total. The molecule has 10 heteroatoms. The normalized spacial score (nSPS) is 13.1. The molecule has 1 aromatic heterocycles. The van der Waals surface area contributed by atoms with Gasteiger partial charge in [0, 0.05) is 29.8 Å². The molecule has 158 valence electrons. The average molecular weight is 439 g/mol. The van der Waals surface area contributed by atoms with Crippen LogP contribution in [0.4, 0.5) is 25.7 Å². The Kier molecular flexibility index (Phi) is 5.89. The molecule has 0 radical (unpaired) electrons. The number of carbonyl (C=O) groups is 3. The molecule has 0 spiro atoms. The minimum atomic E-state index is -0.621. The molecule has 0 aliphatic carbocycles. The topological polar surface area (TPSA) is 103 Å². The van der Waals surface area contributed by atoms with Crippen molar-refractivity contribution in [3.05, 3.63) is 71.0 Å². The maximum atomic E-state index is 13.7. The van der Waals surface area contributed by atoms with E-state index in [0.717, 1.165) is 11.3 Å². The molecule has 31 heavy (non-hydrogen) atoms. The van der Waals surface area contributed by atoms with Crippen LogP contribution in [0.25, 0.3) is 0 Å². The Hall–Kier alpha value is -3.79. The second kappa shape index (κ2) is 8.92. The van der Waals surface area contributed by atoms with Gasteiger partial charge in [0.2, 0.25) is 5.91 Å². The molecular formula is C21H18FN5O3S. The lowest BCUT2D eigenvalue weighted by atomic mass is 10.2. The van der Waals surface area contributed by atoms with Crippen LogP contribution in [0.1, 0.15) is 16.1 Å². The van der Waals surface area contributed by atoms with E-state index in [2.05, 4.69) is 20.9 Å². The summed E-state index contributed by atoms with van der Waals surface area (Å²) in [6.07, 6.45) is 0.000493. The Labute approximate surface area is 181 Å². The van der Waals surface area contributed by atoms with Crippen molar-refractivity contribution in [3.63, 3.8) is 0 Å². The maximum absolute atomic E-state index is 13.7. The van der Waals surface area contributed by atoms with Crippen molar-refractivity contribution in [2.24, 2.45) is 0 Å². The van der Waals surface area contributed by atoms with E-state index >= 15 is 0 Å². The number of carbonyl (C=O) groups excluding carboxylic acids is 3. The van der Waals surface area contributed by atoms with Crippen molar-refractivity contribution >= 4 is 45.7 Å². The van der Waals surface area contributed by atoms with Gasteiger partial charge in [0.15, 0.2) is 5.13 Å². The lowest BCUT2D eigenvalue weighted by molar-refractivity contribution is -0.115. The number of halogens is 1. The minimum absolute atomic E-state index is 0.000493. The standard InChI is InChI=1S/C21H18FN5O3S/c22-17-7-2-1-6-16(17)19(29)26-20-25-14(12-31-20)11-18(28)24-13-4-3-5-15(10-13)27-9-8-23-21(27)30/h1-7,10,12H,8-9,11H2,(H,23,30)(H,24,28)(H,25,26,29). The third-order valence-electron chi connectivity index (χ3n) is 4.53. The van der Waals surface area contributed by atoms with Crippen LogP contribution in [0, 0.1) is 5.82 Å². The first-order chi connectivity index (χ1) is 15.0. The lowest BCUT2D eigenvalue weighted by Gasteiger charge is -2.15. The summed E-state index contributed by atoms with van der Waals surface area (Å²) in [5.74, 6) is -1.52. The van der Waals surface area contributed by atoms with Gasteiger partial charge in [0.05, 0.1) is 17.7 Å². The summed E-state index contributed by atoms with van der Waals surface area (Å²) >= 11 is 1.15. The summed E-state index contributed by atoms with van der Waals surface area (Å²) in [6.45, 7) is 1.14. The van der Waals surface area contributed by atoms with Crippen molar-refractivity contribution in [2.75, 3.05) is 28.6 Å². The van der Waals surface area contributed by atoms with E-state index in [4.69, 9.17) is 0 Å². The SMILES string of the molecule is O=C(Cc1csc(NC(=O)c2ccccc2F)n1)Nc1cccc(N2CCNC2=O)c1. The molecule has 1 aliphatic rings.